The summed E-state index contributed by atoms with van der Waals surface area (Å²) in [7, 11) is -3.38. The molecule has 0 fully saturated rings. The third-order valence-corrected chi connectivity index (χ3v) is 2.99. The molecule has 0 saturated carbocycles. The Bertz CT molecular complexity index is 556. The van der Waals surface area contributed by atoms with E-state index in [1.54, 1.807) is 24.3 Å². The van der Waals surface area contributed by atoms with Crippen LogP contribution in [0.4, 0.5) is 11.4 Å². The van der Waals surface area contributed by atoms with Crippen molar-refractivity contribution >= 4 is 27.3 Å². The number of carbonyl (C=O) groups excluding carboxylic acids is 1. The van der Waals surface area contributed by atoms with Gasteiger partial charge in [0.25, 0.3) is 0 Å². The molecule has 1 aromatic carbocycles. The minimum Gasteiger partial charge on any atom is -0.324 e. The second-order valence-electron chi connectivity index (χ2n) is 4.83. The van der Waals surface area contributed by atoms with Crippen LogP contribution in [0.3, 0.4) is 0 Å². The number of hydrogen-bond acceptors (Lipinski definition) is 4. The van der Waals surface area contributed by atoms with Gasteiger partial charge in [0, 0.05) is 19.0 Å². The van der Waals surface area contributed by atoms with Crippen molar-refractivity contribution in [2.75, 3.05) is 22.8 Å². The Labute approximate surface area is 120 Å². The van der Waals surface area contributed by atoms with Crippen molar-refractivity contribution in [2.45, 2.75) is 26.3 Å². The zero-order chi connectivity index (χ0) is 15.2. The van der Waals surface area contributed by atoms with Crippen LogP contribution in [0.15, 0.2) is 24.3 Å². The monoisotopic (exact) mass is 299 g/mol. The molecule has 0 heterocycles. The molecule has 0 aliphatic heterocycles. The highest BCUT2D eigenvalue weighted by Gasteiger charge is 2.09. The summed E-state index contributed by atoms with van der Waals surface area (Å²) in [5.74, 6) is -0.166. The van der Waals surface area contributed by atoms with Gasteiger partial charge in [-0.1, -0.05) is 26.0 Å². The smallest absolute Gasteiger partial charge is 0.229 e. The molecule has 0 atom stereocenters. The molecule has 0 spiro atoms. The lowest BCUT2D eigenvalue weighted by Gasteiger charge is -2.12. The second kappa shape index (κ2) is 7.25. The molecule has 0 aliphatic rings. The number of sulfonamides is 1. The van der Waals surface area contributed by atoms with E-state index in [0.29, 0.717) is 30.4 Å². The van der Waals surface area contributed by atoms with Gasteiger partial charge < -0.3 is 10.6 Å². The third kappa shape index (κ3) is 6.53. The fourth-order valence-electron chi connectivity index (χ4n) is 1.57. The molecular weight excluding hydrogens is 278 g/mol. The molecule has 0 aliphatic carbocycles. The maximum absolute atomic E-state index is 11.8. The van der Waals surface area contributed by atoms with Gasteiger partial charge in [0.15, 0.2) is 0 Å². The van der Waals surface area contributed by atoms with Crippen LogP contribution >= 0.6 is 0 Å². The predicted octanol–water partition coefficient (Wildman–Crippen LogP) is 1.38. The first-order valence-electron chi connectivity index (χ1n) is 6.38. The number of rotatable bonds is 7. The lowest BCUT2D eigenvalue weighted by Crippen LogP contribution is -2.27. The van der Waals surface area contributed by atoms with Gasteiger partial charge in [0.1, 0.15) is 0 Å². The van der Waals surface area contributed by atoms with Crippen LogP contribution in [-0.4, -0.2) is 33.2 Å². The molecule has 0 aromatic heterocycles. The largest absolute Gasteiger partial charge is 0.324 e. The van der Waals surface area contributed by atoms with Gasteiger partial charge in [0.05, 0.1) is 17.6 Å². The minimum atomic E-state index is -3.38. The van der Waals surface area contributed by atoms with Crippen LogP contribution in [0.25, 0.3) is 0 Å². The van der Waals surface area contributed by atoms with Crippen molar-refractivity contribution in [3.8, 4) is 0 Å². The van der Waals surface area contributed by atoms with Gasteiger partial charge in [-0.2, -0.15) is 0 Å². The number of hydrogen-bond donors (Lipinski definition) is 3. The number of amides is 1. The third-order valence-electron chi connectivity index (χ3n) is 2.40. The summed E-state index contributed by atoms with van der Waals surface area (Å²) in [6, 6.07) is 7.01. The average molecular weight is 299 g/mol. The van der Waals surface area contributed by atoms with Gasteiger partial charge in [-0.15, -0.1) is 0 Å². The van der Waals surface area contributed by atoms with E-state index in [-0.39, 0.29) is 5.91 Å². The number of benzene rings is 1. The molecule has 0 unspecified atom stereocenters. The Morgan fingerprint density at radius 2 is 1.80 bits per heavy atom. The van der Waals surface area contributed by atoms with Crippen molar-refractivity contribution in [1.82, 2.24) is 5.32 Å². The van der Waals surface area contributed by atoms with Gasteiger partial charge in [-0.05, 0) is 12.1 Å². The van der Waals surface area contributed by atoms with Crippen LogP contribution in [-0.2, 0) is 14.8 Å². The Hall–Kier alpha value is -1.60. The lowest BCUT2D eigenvalue weighted by atomic mass is 10.2. The van der Waals surface area contributed by atoms with Crippen molar-refractivity contribution in [2.24, 2.45) is 0 Å². The Balaban J connectivity index is 2.65. The molecule has 1 aromatic rings. The van der Waals surface area contributed by atoms with E-state index in [9.17, 15) is 13.2 Å². The van der Waals surface area contributed by atoms with Crippen LogP contribution in [0.1, 0.15) is 20.3 Å². The number of nitrogens with one attached hydrogen (secondary N) is 3. The fraction of sp³-hybridized carbons (Fsp3) is 0.462. The van der Waals surface area contributed by atoms with Crippen LogP contribution in [0, 0.1) is 0 Å². The highest BCUT2D eigenvalue weighted by atomic mass is 32.2. The van der Waals surface area contributed by atoms with Crippen molar-refractivity contribution in [3.63, 3.8) is 0 Å². The van der Waals surface area contributed by atoms with E-state index in [2.05, 4.69) is 15.4 Å². The quantitative estimate of drug-likeness (QED) is 0.710. The van der Waals surface area contributed by atoms with Gasteiger partial charge in [0.2, 0.25) is 15.9 Å². The topological polar surface area (TPSA) is 87.3 Å². The summed E-state index contributed by atoms with van der Waals surface area (Å²) in [5.41, 5.74) is 0.813. The standard InChI is InChI=1S/C13H21N3O3S/c1-10(2)14-9-8-13(17)15-11-6-4-5-7-12(11)16-20(3,18)19/h4-7,10,14,16H,8-9H2,1-3H3,(H,15,17). The maximum atomic E-state index is 11.8. The van der Waals surface area contributed by atoms with Crippen LogP contribution < -0.4 is 15.4 Å². The molecule has 0 saturated heterocycles. The molecular formula is C13H21N3O3S. The van der Waals surface area contributed by atoms with Crippen molar-refractivity contribution in [3.05, 3.63) is 24.3 Å². The van der Waals surface area contributed by atoms with Gasteiger partial charge in [-0.25, -0.2) is 8.42 Å². The second-order valence-corrected chi connectivity index (χ2v) is 6.58. The van der Waals surface area contributed by atoms with E-state index in [0.717, 1.165) is 6.26 Å². The predicted molar refractivity (Wildman–Crippen MR) is 81.3 cm³/mol. The minimum absolute atomic E-state index is 0.166. The summed E-state index contributed by atoms with van der Waals surface area (Å²) < 4.78 is 24.9. The van der Waals surface area contributed by atoms with Crippen molar-refractivity contribution < 1.29 is 13.2 Å². The van der Waals surface area contributed by atoms with Gasteiger partial charge >= 0.3 is 0 Å². The average Bonchev–Trinajstić information content (AvgIpc) is 2.29. The first kappa shape index (κ1) is 16.5. The zero-order valence-electron chi connectivity index (χ0n) is 11.9. The summed E-state index contributed by atoms with van der Waals surface area (Å²) in [5, 5.41) is 5.84. The molecule has 112 valence electrons. The Morgan fingerprint density at radius 3 is 2.35 bits per heavy atom. The molecule has 20 heavy (non-hydrogen) atoms. The molecule has 7 heteroatoms. The first-order valence-corrected chi connectivity index (χ1v) is 8.27. The van der Waals surface area contributed by atoms with E-state index in [1.807, 2.05) is 13.8 Å². The zero-order valence-corrected chi connectivity index (χ0v) is 12.8. The molecule has 1 amide bonds. The number of carbonyl (C=O) groups is 1. The normalized spacial score (nSPS) is 11.4. The number of para-hydroxylation sites is 2. The molecule has 1 rings (SSSR count). The summed E-state index contributed by atoms with van der Waals surface area (Å²) >= 11 is 0. The van der Waals surface area contributed by atoms with E-state index in [1.165, 1.54) is 0 Å². The van der Waals surface area contributed by atoms with E-state index < -0.39 is 10.0 Å². The van der Waals surface area contributed by atoms with Crippen LogP contribution in [0.5, 0.6) is 0 Å². The fourth-order valence-corrected chi connectivity index (χ4v) is 2.15. The molecule has 0 bridgehead atoms. The van der Waals surface area contributed by atoms with E-state index >= 15 is 0 Å². The summed E-state index contributed by atoms with van der Waals surface area (Å²) in [6.07, 6.45) is 1.39. The van der Waals surface area contributed by atoms with Crippen molar-refractivity contribution in [1.29, 1.82) is 0 Å². The lowest BCUT2D eigenvalue weighted by molar-refractivity contribution is -0.116. The summed E-state index contributed by atoms with van der Waals surface area (Å²) in [4.78, 5) is 11.8. The highest BCUT2D eigenvalue weighted by Crippen LogP contribution is 2.21. The Morgan fingerprint density at radius 1 is 1.20 bits per heavy atom. The SMILES string of the molecule is CC(C)NCCC(=O)Nc1ccccc1NS(C)(=O)=O. The molecule has 0 radical (unpaired) electrons. The molecule has 3 N–H and O–H groups in total. The van der Waals surface area contributed by atoms with Crippen LogP contribution in [0.2, 0.25) is 0 Å². The first-order chi connectivity index (χ1) is 9.28. The maximum Gasteiger partial charge on any atom is 0.229 e. The summed E-state index contributed by atoms with van der Waals surface area (Å²) in [6.45, 7) is 4.58. The number of anilines is 2. The highest BCUT2D eigenvalue weighted by molar-refractivity contribution is 7.92. The molecule has 6 nitrogen and oxygen atoms in total. The van der Waals surface area contributed by atoms with Gasteiger partial charge in [-0.3, -0.25) is 9.52 Å². The van der Waals surface area contributed by atoms with E-state index in [4.69, 9.17) is 0 Å². The Kier molecular flexibility index (Phi) is 5.97.